The summed E-state index contributed by atoms with van der Waals surface area (Å²) in [6.07, 6.45) is 5.64. The maximum Gasteiger partial charge on any atom is 0.119 e. The minimum absolute atomic E-state index is 0.00569. The molecule has 0 bridgehead atoms. The van der Waals surface area contributed by atoms with Crippen LogP contribution in [0.25, 0.3) is 0 Å². The van der Waals surface area contributed by atoms with Crippen LogP contribution in [0, 0.1) is 0 Å². The molecule has 0 aromatic carbocycles. The Morgan fingerprint density at radius 1 is 1.55 bits per heavy atom. The molecule has 1 saturated heterocycles. The minimum Gasteiger partial charge on any atom is -0.383 e. The third kappa shape index (κ3) is 0.861. The SMILES string of the molecule is C/C=C/[C@@]1(O)CC[C@]2(C)O[C@H]12. The van der Waals surface area contributed by atoms with Crippen LogP contribution in [0.4, 0.5) is 0 Å². The van der Waals surface area contributed by atoms with Crippen LogP contribution in [-0.2, 0) is 4.74 Å². The van der Waals surface area contributed by atoms with E-state index in [9.17, 15) is 5.11 Å². The lowest BCUT2D eigenvalue weighted by Gasteiger charge is -2.17. The van der Waals surface area contributed by atoms with Gasteiger partial charge in [0.2, 0.25) is 0 Å². The monoisotopic (exact) mass is 154 g/mol. The first-order valence-corrected chi connectivity index (χ1v) is 4.15. The van der Waals surface area contributed by atoms with Crippen LogP contribution in [0.5, 0.6) is 0 Å². The number of rotatable bonds is 1. The summed E-state index contributed by atoms with van der Waals surface area (Å²) in [7, 11) is 0. The van der Waals surface area contributed by atoms with Crippen molar-refractivity contribution >= 4 is 0 Å². The molecule has 2 rings (SSSR count). The number of hydrogen-bond donors (Lipinski definition) is 1. The Bertz CT molecular complexity index is 212. The molecular weight excluding hydrogens is 140 g/mol. The second-order valence-corrected chi connectivity index (χ2v) is 3.80. The summed E-state index contributed by atoms with van der Waals surface area (Å²) >= 11 is 0. The normalized spacial score (nSPS) is 55.0. The lowest BCUT2D eigenvalue weighted by Crippen LogP contribution is -2.29. The molecule has 62 valence electrons. The molecule has 0 aromatic rings. The number of aliphatic hydroxyl groups is 1. The predicted octanol–water partition coefficient (Wildman–Crippen LogP) is 1.24. The highest BCUT2D eigenvalue weighted by atomic mass is 16.6. The molecule has 2 heteroatoms. The van der Waals surface area contributed by atoms with Crippen LogP contribution in [0.2, 0.25) is 0 Å². The van der Waals surface area contributed by atoms with Gasteiger partial charge >= 0.3 is 0 Å². The zero-order valence-electron chi connectivity index (χ0n) is 7.00. The fourth-order valence-corrected chi connectivity index (χ4v) is 2.09. The highest BCUT2D eigenvalue weighted by Gasteiger charge is 2.66. The highest BCUT2D eigenvalue weighted by molar-refractivity contribution is 5.23. The van der Waals surface area contributed by atoms with Crippen LogP contribution < -0.4 is 0 Å². The Labute approximate surface area is 66.9 Å². The Morgan fingerprint density at radius 2 is 2.27 bits per heavy atom. The number of hydrogen-bond acceptors (Lipinski definition) is 2. The maximum absolute atomic E-state index is 9.95. The largest absolute Gasteiger partial charge is 0.383 e. The Hall–Kier alpha value is -0.340. The zero-order valence-corrected chi connectivity index (χ0v) is 7.00. The van der Waals surface area contributed by atoms with Crippen molar-refractivity contribution < 1.29 is 9.84 Å². The van der Waals surface area contributed by atoms with Gasteiger partial charge in [-0.2, -0.15) is 0 Å². The van der Waals surface area contributed by atoms with E-state index in [2.05, 4.69) is 6.92 Å². The first-order chi connectivity index (χ1) is 5.11. The van der Waals surface area contributed by atoms with E-state index in [0.29, 0.717) is 0 Å². The summed E-state index contributed by atoms with van der Waals surface area (Å²) in [5, 5.41) is 9.95. The highest BCUT2D eigenvalue weighted by Crippen LogP contribution is 2.55. The minimum atomic E-state index is -0.663. The van der Waals surface area contributed by atoms with Crippen molar-refractivity contribution in [3.05, 3.63) is 12.2 Å². The van der Waals surface area contributed by atoms with Crippen LogP contribution in [-0.4, -0.2) is 22.4 Å². The van der Waals surface area contributed by atoms with Crippen molar-refractivity contribution in [1.29, 1.82) is 0 Å². The summed E-state index contributed by atoms with van der Waals surface area (Å²) in [6, 6.07) is 0. The van der Waals surface area contributed by atoms with E-state index in [1.807, 2.05) is 19.1 Å². The lowest BCUT2D eigenvalue weighted by molar-refractivity contribution is 0.0445. The molecule has 2 nitrogen and oxygen atoms in total. The molecule has 1 heterocycles. The molecule has 2 aliphatic rings. The molecule has 0 unspecified atom stereocenters. The molecule has 1 aliphatic carbocycles. The third-order valence-corrected chi connectivity index (χ3v) is 2.82. The molecule has 2 fully saturated rings. The Balaban J connectivity index is 2.18. The fraction of sp³-hybridized carbons (Fsp3) is 0.778. The third-order valence-electron chi connectivity index (χ3n) is 2.82. The maximum atomic E-state index is 9.95. The Morgan fingerprint density at radius 3 is 2.64 bits per heavy atom. The first-order valence-electron chi connectivity index (χ1n) is 4.15. The predicted molar refractivity (Wildman–Crippen MR) is 42.3 cm³/mol. The van der Waals surface area contributed by atoms with E-state index in [4.69, 9.17) is 4.74 Å². The van der Waals surface area contributed by atoms with Crippen molar-refractivity contribution in [2.45, 2.75) is 44.0 Å². The van der Waals surface area contributed by atoms with E-state index in [-0.39, 0.29) is 11.7 Å². The van der Waals surface area contributed by atoms with E-state index in [1.165, 1.54) is 0 Å². The van der Waals surface area contributed by atoms with Crippen molar-refractivity contribution in [2.75, 3.05) is 0 Å². The quantitative estimate of drug-likeness (QED) is 0.455. The van der Waals surface area contributed by atoms with Gasteiger partial charge in [0.25, 0.3) is 0 Å². The van der Waals surface area contributed by atoms with E-state index < -0.39 is 5.60 Å². The van der Waals surface area contributed by atoms with Gasteiger partial charge in [0.1, 0.15) is 11.7 Å². The second-order valence-electron chi connectivity index (χ2n) is 3.80. The molecule has 1 N–H and O–H groups in total. The van der Waals surface area contributed by atoms with Gasteiger partial charge in [-0.05, 0) is 26.7 Å². The number of allylic oxidation sites excluding steroid dienone is 1. The fourth-order valence-electron chi connectivity index (χ4n) is 2.09. The second kappa shape index (κ2) is 1.87. The number of ether oxygens (including phenoxy) is 1. The smallest absolute Gasteiger partial charge is 0.119 e. The summed E-state index contributed by atoms with van der Waals surface area (Å²) in [5.74, 6) is 0. The molecule has 0 amide bonds. The van der Waals surface area contributed by atoms with Crippen LogP contribution in [0.15, 0.2) is 12.2 Å². The van der Waals surface area contributed by atoms with Crippen LogP contribution >= 0.6 is 0 Å². The summed E-state index contributed by atoms with van der Waals surface area (Å²) in [6.45, 7) is 4.00. The standard InChI is InChI=1S/C9H14O2/c1-3-4-9(10)6-5-8(2)7(9)11-8/h3-4,7,10H,5-6H2,1-2H3/b4-3+/t7-,8-,9+/m0/s1. The number of fused-ring (bicyclic) bond motifs is 1. The van der Waals surface area contributed by atoms with Gasteiger partial charge in [-0.25, -0.2) is 0 Å². The summed E-state index contributed by atoms with van der Waals surface area (Å²) < 4.78 is 5.41. The molecule has 0 spiro atoms. The Kier molecular flexibility index (Phi) is 1.25. The van der Waals surface area contributed by atoms with Crippen molar-refractivity contribution in [1.82, 2.24) is 0 Å². The molecule has 0 radical (unpaired) electrons. The van der Waals surface area contributed by atoms with Gasteiger partial charge in [-0.15, -0.1) is 0 Å². The van der Waals surface area contributed by atoms with Crippen molar-refractivity contribution in [2.24, 2.45) is 0 Å². The van der Waals surface area contributed by atoms with Gasteiger partial charge < -0.3 is 9.84 Å². The topological polar surface area (TPSA) is 32.8 Å². The van der Waals surface area contributed by atoms with Gasteiger partial charge in [0, 0.05) is 0 Å². The molecule has 3 atom stereocenters. The van der Waals surface area contributed by atoms with E-state index in [0.717, 1.165) is 12.8 Å². The van der Waals surface area contributed by atoms with Crippen molar-refractivity contribution in [3.63, 3.8) is 0 Å². The molecular formula is C9H14O2. The lowest BCUT2D eigenvalue weighted by atomic mass is 10.0. The van der Waals surface area contributed by atoms with Gasteiger partial charge in [-0.1, -0.05) is 12.2 Å². The number of epoxide rings is 1. The van der Waals surface area contributed by atoms with Crippen LogP contribution in [0.1, 0.15) is 26.7 Å². The van der Waals surface area contributed by atoms with Gasteiger partial charge in [0.05, 0.1) is 5.60 Å². The molecule has 0 aromatic heterocycles. The zero-order chi connectivity index (χ0) is 8.11. The summed E-state index contributed by atoms with van der Waals surface area (Å²) in [4.78, 5) is 0. The van der Waals surface area contributed by atoms with Gasteiger partial charge in [-0.3, -0.25) is 0 Å². The van der Waals surface area contributed by atoms with Crippen molar-refractivity contribution in [3.8, 4) is 0 Å². The average molecular weight is 154 g/mol. The molecule has 1 aliphatic heterocycles. The molecule has 1 saturated carbocycles. The van der Waals surface area contributed by atoms with Crippen LogP contribution in [0.3, 0.4) is 0 Å². The first kappa shape index (κ1) is 7.32. The van der Waals surface area contributed by atoms with Gasteiger partial charge in [0.15, 0.2) is 0 Å². The van der Waals surface area contributed by atoms with E-state index in [1.54, 1.807) is 0 Å². The van der Waals surface area contributed by atoms with E-state index >= 15 is 0 Å². The average Bonchev–Trinajstić information content (AvgIpc) is 2.55. The summed E-state index contributed by atoms with van der Waals surface area (Å²) in [5.41, 5.74) is -0.669. The molecule has 11 heavy (non-hydrogen) atoms.